The van der Waals surface area contributed by atoms with Gasteiger partial charge in [0, 0.05) is 38.4 Å². The van der Waals surface area contributed by atoms with Crippen molar-refractivity contribution in [3.05, 3.63) is 24.1 Å². The molecule has 0 aromatic carbocycles. The maximum Gasteiger partial charge on any atom is 0.315 e. The van der Waals surface area contributed by atoms with Gasteiger partial charge in [-0.05, 0) is 19.4 Å². The molecular formula is C16H24N6O2. The molecule has 0 spiro atoms. The van der Waals surface area contributed by atoms with Crippen LogP contribution in [0.4, 0.5) is 6.01 Å². The maximum atomic E-state index is 6.04. The van der Waals surface area contributed by atoms with Crippen molar-refractivity contribution in [2.75, 3.05) is 31.6 Å². The molecule has 1 aliphatic heterocycles. The highest BCUT2D eigenvalue weighted by Crippen LogP contribution is 2.39. The minimum absolute atomic E-state index is 0.0175. The van der Waals surface area contributed by atoms with Gasteiger partial charge < -0.3 is 19.0 Å². The van der Waals surface area contributed by atoms with E-state index in [0.29, 0.717) is 18.5 Å². The van der Waals surface area contributed by atoms with E-state index in [1.165, 1.54) is 0 Å². The fourth-order valence-electron chi connectivity index (χ4n) is 3.29. The summed E-state index contributed by atoms with van der Waals surface area (Å²) in [7, 11) is 2.02. The number of anilines is 1. The van der Waals surface area contributed by atoms with Gasteiger partial charge in [-0.3, -0.25) is 4.90 Å². The normalized spacial score (nSPS) is 25.1. The number of likely N-dealkylation sites (N-methyl/N-ethyl adjacent to an activating group) is 1. The molecule has 3 heterocycles. The Labute approximate surface area is 141 Å². The Balaban J connectivity index is 1.47. The largest absolute Gasteiger partial charge is 0.408 e. The fraction of sp³-hybridized carbons (Fsp3) is 0.688. The molecule has 1 saturated heterocycles. The lowest BCUT2D eigenvalue weighted by Crippen LogP contribution is -2.48. The van der Waals surface area contributed by atoms with Gasteiger partial charge >= 0.3 is 6.01 Å². The number of hydrogen-bond donors (Lipinski definition) is 1. The highest BCUT2D eigenvalue weighted by molar-refractivity contribution is 5.20. The number of morpholine rings is 1. The van der Waals surface area contributed by atoms with E-state index in [2.05, 4.69) is 36.9 Å². The Hall–Kier alpha value is -1.93. The molecule has 8 nitrogen and oxygen atoms in total. The van der Waals surface area contributed by atoms with Crippen molar-refractivity contribution in [3.63, 3.8) is 0 Å². The van der Waals surface area contributed by atoms with E-state index >= 15 is 0 Å². The van der Waals surface area contributed by atoms with Gasteiger partial charge in [0.1, 0.15) is 5.82 Å². The third kappa shape index (κ3) is 3.03. The second-order valence-corrected chi connectivity index (χ2v) is 6.48. The number of nitrogens with zero attached hydrogens (tertiary/aromatic N) is 5. The number of ether oxygens (including phenoxy) is 1. The third-order valence-corrected chi connectivity index (χ3v) is 4.81. The Kier molecular flexibility index (Phi) is 4.24. The second-order valence-electron chi connectivity index (χ2n) is 6.48. The molecule has 1 aliphatic carbocycles. The Morgan fingerprint density at radius 2 is 2.21 bits per heavy atom. The SMILES string of the molecule is CCN1CCO[C@@H](CNc2nnc(C3CC3)o2)[C@@H]1c1nccn1C. The lowest BCUT2D eigenvalue weighted by Gasteiger charge is -2.40. The van der Waals surface area contributed by atoms with Crippen molar-refractivity contribution in [2.45, 2.75) is 37.8 Å². The zero-order valence-electron chi connectivity index (χ0n) is 14.2. The summed E-state index contributed by atoms with van der Waals surface area (Å²) >= 11 is 0. The van der Waals surface area contributed by atoms with Crippen molar-refractivity contribution in [3.8, 4) is 0 Å². The lowest BCUT2D eigenvalue weighted by atomic mass is 10.1. The number of hydrogen-bond acceptors (Lipinski definition) is 7. The molecule has 4 rings (SSSR count). The summed E-state index contributed by atoms with van der Waals surface area (Å²) in [4.78, 5) is 6.94. The molecule has 2 fully saturated rings. The van der Waals surface area contributed by atoms with E-state index in [4.69, 9.17) is 9.15 Å². The summed E-state index contributed by atoms with van der Waals surface area (Å²) in [6.45, 7) is 5.38. The molecule has 2 atom stereocenters. The topological polar surface area (TPSA) is 81.2 Å². The van der Waals surface area contributed by atoms with Crippen LogP contribution in [0.1, 0.15) is 43.4 Å². The average molecular weight is 332 g/mol. The monoisotopic (exact) mass is 332 g/mol. The Bertz CT molecular complexity index is 680. The van der Waals surface area contributed by atoms with Crippen molar-refractivity contribution in [1.29, 1.82) is 0 Å². The summed E-state index contributed by atoms with van der Waals surface area (Å²) in [6.07, 6.45) is 6.10. The van der Waals surface area contributed by atoms with Crippen LogP contribution in [0.2, 0.25) is 0 Å². The van der Waals surface area contributed by atoms with Gasteiger partial charge in [-0.25, -0.2) is 4.98 Å². The smallest absolute Gasteiger partial charge is 0.315 e. The highest BCUT2D eigenvalue weighted by atomic mass is 16.5. The van der Waals surface area contributed by atoms with Crippen LogP contribution in [-0.4, -0.2) is 57.0 Å². The van der Waals surface area contributed by atoms with E-state index < -0.39 is 0 Å². The molecule has 1 N–H and O–H groups in total. The quantitative estimate of drug-likeness (QED) is 0.859. The molecule has 24 heavy (non-hydrogen) atoms. The summed E-state index contributed by atoms with van der Waals surface area (Å²) in [5.74, 6) is 2.24. The van der Waals surface area contributed by atoms with Crippen LogP contribution in [0.5, 0.6) is 0 Å². The van der Waals surface area contributed by atoms with Gasteiger partial charge in [0.15, 0.2) is 0 Å². The minimum atomic E-state index is -0.0175. The molecule has 1 saturated carbocycles. The van der Waals surface area contributed by atoms with E-state index in [0.717, 1.165) is 44.3 Å². The molecule has 0 unspecified atom stereocenters. The van der Waals surface area contributed by atoms with Gasteiger partial charge in [-0.2, -0.15) is 0 Å². The summed E-state index contributed by atoms with van der Waals surface area (Å²) < 4.78 is 13.8. The summed E-state index contributed by atoms with van der Waals surface area (Å²) in [5, 5.41) is 11.4. The Morgan fingerprint density at radius 1 is 1.33 bits per heavy atom. The number of aromatic nitrogens is 4. The van der Waals surface area contributed by atoms with Crippen molar-refractivity contribution < 1.29 is 9.15 Å². The molecule has 130 valence electrons. The summed E-state index contributed by atoms with van der Waals surface area (Å²) in [5.41, 5.74) is 0. The summed E-state index contributed by atoms with van der Waals surface area (Å²) in [6, 6.07) is 0.592. The van der Waals surface area contributed by atoms with Crippen molar-refractivity contribution in [1.82, 2.24) is 24.6 Å². The number of rotatable bonds is 6. The fourth-order valence-corrected chi connectivity index (χ4v) is 3.29. The molecule has 2 aromatic rings. The first-order valence-corrected chi connectivity index (χ1v) is 8.66. The van der Waals surface area contributed by atoms with Crippen LogP contribution in [0, 0.1) is 0 Å². The zero-order chi connectivity index (χ0) is 16.5. The maximum absolute atomic E-state index is 6.04. The molecule has 0 radical (unpaired) electrons. The molecule has 0 bridgehead atoms. The van der Waals surface area contributed by atoms with Gasteiger partial charge in [0.05, 0.1) is 18.8 Å². The van der Waals surface area contributed by atoms with Crippen LogP contribution in [-0.2, 0) is 11.8 Å². The minimum Gasteiger partial charge on any atom is -0.408 e. The number of nitrogens with one attached hydrogen (secondary N) is 1. The number of imidazole rings is 1. The number of aryl methyl sites for hydroxylation is 1. The third-order valence-electron chi connectivity index (χ3n) is 4.81. The van der Waals surface area contributed by atoms with Crippen LogP contribution < -0.4 is 5.32 Å². The van der Waals surface area contributed by atoms with Crippen LogP contribution >= 0.6 is 0 Å². The second kappa shape index (κ2) is 6.52. The Morgan fingerprint density at radius 3 is 2.92 bits per heavy atom. The van der Waals surface area contributed by atoms with Crippen LogP contribution in [0.15, 0.2) is 16.8 Å². The van der Waals surface area contributed by atoms with Gasteiger partial charge in [0.25, 0.3) is 0 Å². The van der Waals surface area contributed by atoms with E-state index in [9.17, 15) is 0 Å². The van der Waals surface area contributed by atoms with E-state index in [1.54, 1.807) is 0 Å². The first-order chi connectivity index (χ1) is 11.8. The van der Waals surface area contributed by atoms with Gasteiger partial charge in [-0.15, -0.1) is 5.10 Å². The predicted molar refractivity (Wildman–Crippen MR) is 87.7 cm³/mol. The lowest BCUT2D eigenvalue weighted by molar-refractivity contribution is -0.0677. The molecule has 0 amide bonds. The highest BCUT2D eigenvalue weighted by Gasteiger charge is 2.35. The average Bonchev–Trinajstić information content (AvgIpc) is 3.20. The van der Waals surface area contributed by atoms with Crippen molar-refractivity contribution in [2.24, 2.45) is 7.05 Å². The van der Waals surface area contributed by atoms with E-state index in [-0.39, 0.29) is 12.1 Å². The first-order valence-electron chi connectivity index (χ1n) is 8.66. The standard InChI is InChI=1S/C16H24N6O2/c1-3-22-8-9-23-12(13(22)14-17-6-7-21(14)2)10-18-16-20-19-15(24-16)11-4-5-11/h6-7,11-13H,3-5,8-10H2,1-2H3,(H,18,20)/t12-,13+/m0/s1. The zero-order valence-corrected chi connectivity index (χ0v) is 14.2. The molecule has 2 aromatic heterocycles. The first kappa shape index (κ1) is 15.6. The molecule has 2 aliphatic rings. The van der Waals surface area contributed by atoms with Crippen LogP contribution in [0.3, 0.4) is 0 Å². The predicted octanol–water partition coefficient (Wildman–Crippen LogP) is 1.55. The van der Waals surface area contributed by atoms with Crippen molar-refractivity contribution >= 4 is 6.01 Å². The van der Waals surface area contributed by atoms with Crippen LogP contribution in [0.25, 0.3) is 0 Å². The molecule has 8 heteroatoms. The van der Waals surface area contributed by atoms with Gasteiger partial charge in [-0.1, -0.05) is 12.0 Å². The van der Waals surface area contributed by atoms with E-state index in [1.807, 2.05) is 19.4 Å². The van der Waals surface area contributed by atoms with Gasteiger partial charge in [0.2, 0.25) is 5.89 Å². The molecular weight excluding hydrogens is 308 g/mol.